The number of nitro groups is 1. The van der Waals surface area contributed by atoms with Gasteiger partial charge in [-0.3, -0.25) is 10.1 Å². The van der Waals surface area contributed by atoms with E-state index in [1.54, 1.807) is 13.2 Å². The number of alkyl halides is 1. The molecular formula is C13H18ClNO5. The van der Waals surface area contributed by atoms with Crippen molar-refractivity contribution in [2.45, 2.75) is 12.3 Å². The van der Waals surface area contributed by atoms with Gasteiger partial charge in [0.1, 0.15) is 12.4 Å². The third-order valence-corrected chi connectivity index (χ3v) is 2.81. The van der Waals surface area contributed by atoms with Gasteiger partial charge in [0.05, 0.1) is 17.4 Å². The van der Waals surface area contributed by atoms with Gasteiger partial charge in [-0.25, -0.2) is 0 Å². The van der Waals surface area contributed by atoms with E-state index in [2.05, 4.69) is 0 Å². The van der Waals surface area contributed by atoms with Crippen molar-refractivity contribution in [1.29, 1.82) is 0 Å². The van der Waals surface area contributed by atoms with E-state index in [9.17, 15) is 10.1 Å². The van der Waals surface area contributed by atoms with Crippen LogP contribution in [0, 0.1) is 10.1 Å². The van der Waals surface area contributed by atoms with Crippen LogP contribution in [0.5, 0.6) is 5.75 Å². The molecule has 0 unspecified atom stereocenters. The van der Waals surface area contributed by atoms with E-state index >= 15 is 0 Å². The number of nitrogens with zero attached hydrogens (tertiary/aromatic N) is 1. The second-order valence-corrected chi connectivity index (χ2v) is 4.26. The molecule has 0 heterocycles. The van der Waals surface area contributed by atoms with Crippen molar-refractivity contribution in [3.8, 4) is 5.75 Å². The van der Waals surface area contributed by atoms with E-state index in [1.807, 2.05) is 0 Å². The first-order valence-electron chi connectivity index (χ1n) is 6.21. The summed E-state index contributed by atoms with van der Waals surface area (Å²) in [6.07, 6.45) is 0.834. The van der Waals surface area contributed by atoms with Gasteiger partial charge in [0, 0.05) is 38.0 Å². The van der Waals surface area contributed by atoms with Crippen LogP contribution in [0.25, 0.3) is 0 Å². The van der Waals surface area contributed by atoms with E-state index in [1.165, 1.54) is 12.1 Å². The van der Waals surface area contributed by atoms with Crippen LogP contribution in [-0.4, -0.2) is 38.5 Å². The molecule has 7 heteroatoms. The van der Waals surface area contributed by atoms with Crippen LogP contribution in [0.2, 0.25) is 0 Å². The molecule has 1 rings (SSSR count). The number of ether oxygens (including phenoxy) is 3. The van der Waals surface area contributed by atoms with Crippen LogP contribution in [-0.2, 0) is 15.4 Å². The topological polar surface area (TPSA) is 70.8 Å². The van der Waals surface area contributed by atoms with Gasteiger partial charge >= 0.3 is 0 Å². The predicted molar refractivity (Wildman–Crippen MR) is 75.5 cm³/mol. The molecule has 0 aliphatic heterocycles. The molecule has 1 aromatic carbocycles. The SMILES string of the molecule is COCCCOCCOc1ccc([N+](=O)[O-])cc1CCl. The lowest BCUT2D eigenvalue weighted by Gasteiger charge is -2.10. The fourth-order valence-electron chi connectivity index (χ4n) is 1.54. The first-order valence-corrected chi connectivity index (χ1v) is 6.75. The van der Waals surface area contributed by atoms with Crippen LogP contribution in [0.1, 0.15) is 12.0 Å². The van der Waals surface area contributed by atoms with Crippen molar-refractivity contribution in [1.82, 2.24) is 0 Å². The van der Waals surface area contributed by atoms with Gasteiger partial charge in [0.25, 0.3) is 5.69 Å². The molecule has 0 aliphatic carbocycles. The Morgan fingerprint density at radius 3 is 2.70 bits per heavy atom. The van der Waals surface area contributed by atoms with Gasteiger partial charge in [-0.2, -0.15) is 0 Å². The Morgan fingerprint density at radius 1 is 1.25 bits per heavy atom. The number of methoxy groups -OCH3 is 1. The molecule has 112 valence electrons. The number of hydrogen-bond acceptors (Lipinski definition) is 5. The lowest BCUT2D eigenvalue weighted by atomic mass is 10.2. The number of halogens is 1. The molecule has 0 bridgehead atoms. The minimum absolute atomic E-state index is 0.00353. The van der Waals surface area contributed by atoms with Crippen LogP contribution in [0.4, 0.5) is 5.69 Å². The molecule has 0 saturated heterocycles. The van der Waals surface area contributed by atoms with E-state index in [0.29, 0.717) is 37.7 Å². The Bertz CT molecular complexity index is 427. The second kappa shape index (κ2) is 9.52. The van der Waals surface area contributed by atoms with Crippen LogP contribution in [0.3, 0.4) is 0 Å². The lowest BCUT2D eigenvalue weighted by molar-refractivity contribution is -0.384. The molecule has 0 saturated carbocycles. The molecular weight excluding hydrogens is 286 g/mol. The Balaban J connectivity index is 2.38. The zero-order valence-corrected chi connectivity index (χ0v) is 12.1. The molecule has 0 atom stereocenters. The van der Waals surface area contributed by atoms with Gasteiger partial charge in [-0.1, -0.05) is 0 Å². The summed E-state index contributed by atoms with van der Waals surface area (Å²) in [6.45, 7) is 2.09. The van der Waals surface area contributed by atoms with Crippen molar-refractivity contribution in [2.24, 2.45) is 0 Å². The second-order valence-electron chi connectivity index (χ2n) is 3.99. The standard InChI is InChI=1S/C13H18ClNO5/c1-18-5-2-6-19-7-8-20-13-4-3-12(15(16)17)9-11(13)10-14/h3-4,9H,2,5-8,10H2,1H3. The summed E-state index contributed by atoms with van der Waals surface area (Å²) < 4.78 is 15.8. The normalized spacial score (nSPS) is 10.5. The largest absolute Gasteiger partial charge is 0.491 e. The van der Waals surface area contributed by atoms with E-state index in [-0.39, 0.29) is 11.6 Å². The van der Waals surface area contributed by atoms with Gasteiger partial charge in [-0.15, -0.1) is 11.6 Å². The van der Waals surface area contributed by atoms with Crippen molar-refractivity contribution in [2.75, 3.05) is 33.5 Å². The molecule has 1 aromatic rings. The summed E-state index contributed by atoms with van der Waals surface area (Å²) in [6, 6.07) is 4.37. The van der Waals surface area contributed by atoms with E-state index in [0.717, 1.165) is 6.42 Å². The Labute approximate surface area is 122 Å². The van der Waals surface area contributed by atoms with Gasteiger partial charge in [0.15, 0.2) is 0 Å². The van der Waals surface area contributed by atoms with Crippen molar-refractivity contribution < 1.29 is 19.1 Å². The quantitative estimate of drug-likeness (QED) is 0.288. The summed E-state index contributed by atoms with van der Waals surface area (Å²) in [5.74, 6) is 0.706. The number of nitro benzene ring substituents is 1. The van der Waals surface area contributed by atoms with E-state index in [4.69, 9.17) is 25.8 Å². The highest BCUT2D eigenvalue weighted by molar-refractivity contribution is 6.17. The Hall–Kier alpha value is -1.37. The van der Waals surface area contributed by atoms with Gasteiger partial charge in [0.2, 0.25) is 0 Å². The number of benzene rings is 1. The fourth-order valence-corrected chi connectivity index (χ4v) is 1.75. The highest BCUT2D eigenvalue weighted by Crippen LogP contribution is 2.25. The maximum Gasteiger partial charge on any atom is 0.270 e. The molecule has 0 fully saturated rings. The molecule has 0 N–H and O–H groups in total. The van der Waals surface area contributed by atoms with Crippen LogP contribution >= 0.6 is 11.6 Å². The summed E-state index contributed by atoms with van der Waals surface area (Å²) in [5.41, 5.74) is 0.601. The fraction of sp³-hybridized carbons (Fsp3) is 0.538. The zero-order valence-electron chi connectivity index (χ0n) is 11.3. The average molecular weight is 304 g/mol. The molecule has 20 heavy (non-hydrogen) atoms. The van der Waals surface area contributed by atoms with Gasteiger partial charge in [-0.05, 0) is 12.5 Å². The third-order valence-electron chi connectivity index (χ3n) is 2.52. The number of rotatable bonds is 10. The van der Waals surface area contributed by atoms with Crippen molar-refractivity contribution in [3.05, 3.63) is 33.9 Å². The monoisotopic (exact) mass is 303 g/mol. The minimum Gasteiger partial charge on any atom is -0.491 e. The lowest BCUT2D eigenvalue weighted by Crippen LogP contribution is -2.09. The molecule has 0 spiro atoms. The number of non-ortho nitro benzene ring substituents is 1. The summed E-state index contributed by atoms with van der Waals surface area (Å²) in [4.78, 5) is 10.2. The van der Waals surface area contributed by atoms with E-state index < -0.39 is 4.92 Å². The molecule has 0 aliphatic rings. The Kier molecular flexibility index (Phi) is 7.94. The Morgan fingerprint density at radius 2 is 2.05 bits per heavy atom. The maximum atomic E-state index is 10.7. The third kappa shape index (κ3) is 5.73. The molecule has 0 radical (unpaired) electrons. The molecule has 0 amide bonds. The first kappa shape index (κ1) is 16.7. The average Bonchev–Trinajstić information content (AvgIpc) is 2.46. The number of hydrogen-bond donors (Lipinski definition) is 0. The maximum absolute atomic E-state index is 10.7. The smallest absolute Gasteiger partial charge is 0.270 e. The van der Waals surface area contributed by atoms with Gasteiger partial charge < -0.3 is 14.2 Å². The van der Waals surface area contributed by atoms with Crippen molar-refractivity contribution >= 4 is 17.3 Å². The minimum atomic E-state index is -0.460. The molecule has 0 aromatic heterocycles. The predicted octanol–water partition coefficient (Wildman–Crippen LogP) is 2.77. The van der Waals surface area contributed by atoms with Crippen molar-refractivity contribution in [3.63, 3.8) is 0 Å². The first-order chi connectivity index (χ1) is 9.69. The molecule has 6 nitrogen and oxygen atoms in total. The highest BCUT2D eigenvalue weighted by Gasteiger charge is 2.10. The zero-order chi connectivity index (χ0) is 14.8. The highest BCUT2D eigenvalue weighted by atomic mass is 35.5. The van der Waals surface area contributed by atoms with Crippen LogP contribution in [0.15, 0.2) is 18.2 Å². The summed E-state index contributed by atoms with van der Waals surface area (Å²) >= 11 is 5.76. The summed E-state index contributed by atoms with van der Waals surface area (Å²) in [5, 5.41) is 10.7. The van der Waals surface area contributed by atoms with Crippen LogP contribution < -0.4 is 4.74 Å². The summed E-state index contributed by atoms with van der Waals surface area (Å²) in [7, 11) is 1.64.